The van der Waals surface area contributed by atoms with Crippen molar-refractivity contribution in [2.45, 2.75) is 58.0 Å². The molecule has 0 saturated carbocycles. The number of thioether (sulfide) groups is 1. The number of carbonyl (C=O) groups is 2. The Labute approximate surface area is 228 Å². The highest BCUT2D eigenvalue weighted by atomic mass is 79.9. The lowest BCUT2D eigenvalue weighted by Gasteiger charge is -2.32. The van der Waals surface area contributed by atoms with Crippen LogP contribution in [-0.4, -0.2) is 34.6 Å². The Balaban J connectivity index is 1.85. The van der Waals surface area contributed by atoms with Crippen LogP contribution < -0.4 is 5.32 Å². The highest BCUT2D eigenvalue weighted by Crippen LogP contribution is 2.20. The molecule has 6 heteroatoms. The number of hydrogen-bond acceptors (Lipinski definition) is 3. The Morgan fingerprint density at radius 1 is 0.944 bits per heavy atom. The third kappa shape index (κ3) is 8.82. The molecule has 3 aromatic carbocycles. The van der Waals surface area contributed by atoms with E-state index in [-0.39, 0.29) is 17.9 Å². The first-order chi connectivity index (χ1) is 17.4. The second-order valence-electron chi connectivity index (χ2n) is 9.15. The SMILES string of the molecule is CC[C@H](C)NC(=O)[C@H](Cc1ccccc1)N(Cc1cccc(Br)c1)C(=O)CSCc1ccc(C)cc1. The van der Waals surface area contributed by atoms with Gasteiger partial charge in [0.25, 0.3) is 0 Å². The maximum Gasteiger partial charge on any atom is 0.243 e. The first-order valence-electron chi connectivity index (χ1n) is 12.4. The molecule has 0 aliphatic rings. The van der Waals surface area contributed by atoms with E-state index >= 15 is 0 Å². The number of benzene rings is 3. The normalized spacial score (nSPS) is 12.6. The highest BCUT2D eigenvalue weighted by Gasteiger charge is 2.30. The molecular weight excluding hydrogens is 532 g/mol. The van der Waals surface area contributed by atoms with Crippen molar-refractivity contribution in [1.29, 1.82) is 0 Å². The molecule has 0 radical (unpaired) electrons. The summed E-state index contributed by atoms with van der Waals surface area (Å²) in [6.45, 7) is 6.48. The van der Waals surface area contributed by atoms with Gasteiger partial charge in [0.15, 0.2) is 0 Å². The summed E-state index contributed by atoms with van der Waals surface area (Å²) < 4.78 is 0.949. The van der Waals surface area contributed by atoms with Gasteiger partial charge >= 0.3 is 0 Å². The van der Waals surface area contributed by atoms with Gasteiger partial charge in [-0.05, 0) is 49.1 Å². The molecule has 2 atom stereocenters. The Hall–Kier alpha value is -2.57. The smallest absolute Gasteiger partial charge is 0.243 e. The van der Waals surface area contributed by atoms with Crippen molar-refractivity contribution in [2.24, 2.45) is 0 Å². The number of rotatable bonds is 12. The first kappa shape index (κ1) is 28.0. The molecule has 0 saturated heterocycles. The monoisotopic (exact) mass is 566 g/mol. The maximum absolute atomic E-state index is 13.7. The minimum Gasteiger partial charge on any atom is -0.352 e. The van der Waals surface area contributed by atoms with E-state index in [1.165, 1.54) is 11.1 Å². The fraction of sp³-hybridized carbons (Fsp3) is 0.333. The third-order valence-corrected chi connectivity index (χ3v) is 7.61. The molecule has 3 aromatic rings. The van der Waals surface area contributed by atoms with Gasteiger partial charge in [-0.15, -0.1) is 11.8 Å². The minimum atomic E-state index is -0.604. The van der Waals surface area contributed by atoms with E-state index in [2.05, 4.69) is 52.4 Å². The van der Waals surface area contributed by atoms with E-state index in [9.17, 15) is 9.59 Å². The van der Waals surface area contributed by atoms with E-state index in [1.54, 1.807) is 16.7 Å². The van der Waals surface area contributed by atoms with Crippen LogP contribution in [0.4, 0.5) is 0 Å². The summed E-state index contributed by atoms with van der Waals surface area (Å²) in [5.41, 5.74) is 4.42. The van der Waals surface area contributed by atoms with Crippen molar-refractivity contribution in [3.8, 4) is 0 Å². The summed E-state index contributed by atoms with van der Waals surface area (Å²) in [6, 6.07) is 25.7. The lowest BCUT2D eigenvalue weighted by atomic mass is 10.0. The fourth-order valence-corrected chi connectivity index (χ4v) is 5.17. The number of nitrogens with zero attached hydrogens (tertiary/aromatic N) is 1. The lowest BCUT2D eigenvalue weighted by molar-refractivity contribution is -0.139. The largest absolute Gasteiger partial charge is 0.352 e. The van der Waals surface area contributed by atoms with Crippen molar-refractivity contribution in [2.75, 3.05) is 5.75 Å². The molecule has 2 amide bonds. The molecule has 0 aliphatic carbocycles. The quantitative estimate of drug-likeness (QED) is 0.270. The van der Waals surface area contributed by atoms with Crippen LogP contribution in [0.1, 0.15) is 42.5 Å². The Morgan fingerprint density at radius 3 is 2.31 bits per heavy atom. The highest BCUT2D eigenvalue weighted by molar-refractivity contribution is 9.10. The van der Waals surface area contributed by atoms with Crippen LogP contribution in [0.5, 0.6) is 0 Å². The molecule has 0 unspecified atom stereocenters. The van der Waals surface area contributed by atoms with Crippen LogP contribution in [-0.2, 0) is 28.3 Å². The second-order valence-corrected chi connectivity index (χ2v) is 11.1. The molecule has 0 fully saturated rings. The number of hydrogen-bond donors (Lipinski definition) is 1. The molecule has 0 heterocycles. The molecule has 36 heavy (non-hydrogen) atoms. The summed E-state index contributed by atoms with van der Waals surface area (Å²) >= 11 is 5.12. The van der Waals surface area contributed by atoms with Gasteiger partial charge in [0, 0.05) is 29.2 Å². The van der Waals surface area contributed by atoms with Gasteiger partial charge in [-0.25, -0.2) is 0 Å². The predicted octanol–water partition coefficient (Wildman–Crippen LogP) is 6.55. The Morgan fingerprint density at radius 2 is 1.64 bits per heavy atom. The molecular formula is C30H35BrN2O2S. The van der Waals surface area contributed by atoms with Crippen molar-refractivity contribution in [1.82, 2.24) is 10.2 Å². The van der Waals surface area contributed by atoms with E-state index in [0.717, 1.165) is 27.8 Å². The fourth-order valence-electron chi connectivity index (χ4n) is 3.85. The third-order valence-electron chi connectivity index (χ3n) is 6.13. The average molecular weight is 568 g/mol. The zero-order valence-corrected chi connectivity index (χ0v) is 23.6. The number of carbonyl (C=O) groups excluding carboxylic acids is 2. The van der Waals surface area contributed by atoms with Crippen molar-refractivity contribution < 1.29 is 9.59 Å². The number of nitrogens with one attached hydrogen (secondary N) is 1. The summed E-state index contributed by atoms with van der Waals surface area (Å²) in [7, 11) is 0. The summed E-state index contributed by atoms with van der Waals surface area (Å²) in [4.78, 5) is 29.0. The summed E-state index contributed by atoms with van der Waals surface area (Å²) in [5.74, 6) is 0.913. The van der Waals surface area contributed by atoms with Gasteiger partial charge in [-0.2, -0.15) is 0 Å². The van der Waals surface area contributed by atoms with E-state index in [1.807, 2.05) is 68.4 Å². The van der Waals surface area contributed by atoms with Crippen molar-refractivity contribution in [3.63, 3.8) is 0 Å². The van der Waals surface area contributed by atoms with Gasteiger partial charge in [0.1, 0.15) is 6.04 Å². The predicted molar refractivity (Wildman–Crippen MR) is 154 cm³/mol. The van der Waals surface area contributed by atoms with Crippen LogP contribution in [0.2, 0.25) is 0 Å². The molecule has 1 N–H and O–H groups in total. The average Bonchev–Trinajstić information content (AvgIpc) is 2.87. The van der Waals surface area contributed by atoms with Gasteiger partial charge in [0.2, 0.25) is 11.8 Å². The standard InChI is InChI=1S/C30H35BrN2O2S/c1-4-23(3)32-30(35)28(18-24-9-6-5-7-10-24)33(19-26-11-8-12-27(31)17-26)29(34)21-36-20-25-15-13-22(2)14-16-25/h5-17,23,28H,4,18-21H2,1-3H3,(H,32,35)/t23-,28-/m0/s1. The van der Waals surface area contributed by atoms with Gasteiger partial charge in [-0.1, -0.05) is 95.1 Å². The van der Waals surface area contributed by atoms with Crippen molar-refractivity contribution in [3.05, 3.63) is 106 Å². The lowest BCUT2D eigenvalue weighted by Crippen LogP contribution is -2.52. The van der Waals surface area contributed by atoms with Crippen LogP contribution >= 0.6 is 27.7 Å². The number of halogens is 1. The summed E-state index contributed by atoms with van der Waals surface area (Å²) in [6.07, 6.45) is 1.29. The van der Waals surface area contributed by atoms with Crippen LogP contribution in [0.3, 0.4) is 0 Å². The maximum atomic E-state index is 13.7. The second kappa shape index (κ2) is 14.2. The zero-order valence-electron chi connectivity index (χ0n) is 21.2. The van der Waals surface area contributed by atoms with E-state index in [4.69, 9.17) is 0 Å². The van der Waals surface area contributed by atoms with Crippen LogP contribution in [0, 0.1) is 6.92 Å². The van der Waals surface area contributed by atoms with E-state index < -0.39 is 6.04 Å². The molecule has 4 nitrogen and oxygen atoms in total. The molecule has 0 aliphatic heterocycles. The van der Waals surface area contributed by atoms with E-state index in [0.29, 0.717) is 18.7 Å². The molecule has 0 spiro atoms. The first-order valence-corrected chi connectivity index (χ1v) is 14.3. The Kier molecular flexibility index (Phi) is 11.1. The van der Waals surface area contributed by atoms with Crippen LogP contribution in [0.25, 0.3) is 0 Å². The zero-order chi connectivity index (χ0) is 25.9. The van der Waals surface area contributed by atoms with Gasteiger partial charge in [0.05, 0.1) is 5.75 Å². The van der Waals surface area contributed by atoms with Crippen LogP contribution in [0.15, 0.2) is 83.3 Å². The van der Waals surface area contributed by atoms with Gasteiger partial charge < -0.3 is 10.2 Å². The van der Waals surface area contributed by atoms with Crippen molar-refractivity contribution >= 4 is 39.5 Å². The number of amides is 2. The van der Waals surface area contributed by atoms with Gasteiger partial charge in [-0.3, -0.25) is 9.59 Å². The molecule has 0 bridgehead atoms. The minimum absolute atomic E-state index is 0.0349. The Bertz CT molecular complexity index is 1120. The summed E-state index contributed by atoms with van der Waals surface area (Å²) in [5, 5.41) is 3.12. The number of aryl methyl sites for hydroxylation is 1. The molecule has 190 valence electrons. The molecule has 0 aromatic heterocycles. The molecule has 3 rings (SSSR count). The topological polar surface area (TPSA) is 49.4 Å².